The van der Waals surface area contributed by atoms with Gasteiger partial charge >= 0.3 is 11.9 Å². The van der Waals surface area contributed by atoms with Crippen molar-refractivity contribution in [2.75, 3.05) is 7.11 Å². The van der Waals surface area contributed by atoms with E-state index >= 15 is 0 Å². The van der Waals surface area contributed by atoms with Crippen LogP contribution in [0, 0.1) is 5.92 Å². The third-order valence-electron chi connectivity index (χ3n) is 2.91. The van der Waals surface area contributed by atoms with E-state index in [4.69, 9.17) is 5.11 Å². The molecule has 0 amide bonds. The molecule has 0 saturated carbocycles. The summed E-state index contributed by atoms with van der Waals surface area (Å²) in [6.45, 7) is 1.94. The lowest BCUT2D eigenvalue weighted by Gasteiger charge is -2.10. The molecule has 0 radical (unpaired) electrons. The van der Waals surface area contributed by atoms with Crippen molar-refractivity contribution in [3.05, 3.63) is 17.5 Å². The molecule has 1 heterocycles. The molecule has 1 N–H and O–H groups in total. The van der Waals surface area contributed by atoms with Crippen LogP contribution in [-0.2, 0) is 23.0 Å². The minimum Gasteiger partial charge on any atom is -0.478 e. The van der Waals surface area contributed by atoms with Gasteiger partial charge in [-0.3, -0.25) is 9.48 Å². The zero-order valence-corrected chi connectivity index (χ0v) is 10.8. The maximum absolute atomic E-state index is 11.1. The quantitative estimate of drug-likeness (QED) is 0.773. The molecule has 0 aromatic carbocycles. The lowest BCUT2D eigenvalue weighted by Crippen LogP contribution is -2.10. The first-order valence-corrected chi connectivity index (χ1v) is 5.76. The first-order chi connectivity index (χ1) is 8.45. The van der Waals surface area contributed by atoms with Crippen molar-refractivity contribution in [3.63, 3.8) is 0 Å². The Morgan fingerprint density at radius 3 is 2.78 bits per heavy atom. The molecule has 0 bridgehead atoms. The fourth-order valence-electron chi connectivity index (χ4n) is 1.79. The van der Waals surface area contributed by atoms with Crippen molar-refractivity contribution in [1.29, 1.82) is 0 Å². The number of carboxylic acids is 1. The molecule has 1 aromatic heterocycles. The van der Waals surface area contributed by atoms with Crippen LogP contribution in [0.25, 0.3) is 0 Å². The van der Waals surface area contributed by atoms with Crippen molar-refractivity contribution < 1.29 is 19.4 Å². The molecule has 0 fully saturated rings. The van der Waals surface area contributed by atoms with Crippen LogP contribution in [0.3, 0.4) is 0 Å². The Morgan fingerprint density at radius 1 is 1.56 bits per heavy atom. The van der Waals surface area contributed by atoms with Crippen LogP contribution < -0.4 is 0 Å². The van der Waals surface area contributed by atoms with Crippen LogP contribution in [0.1, 0.15) is 35.8 Å². The van der Waals surface area contributed by atoms with Gasteiger partial charge in [0, 0.05) is 13.5 Å². The molecule has 1 aromatic rings. The third-order valence-corrected chi connectivity index (χ3v) is 2.91. The van der Waals surface area contributed by atoms with Crippen LogP contribution >= 0.6 is 0 Å². The van der Waals surface area contributed by atoms with Gasteiger partial charge < -0.3 is 9.84 Å². The predicted molar refractivity (Wildman–Crippen MR) is 64.3 cm³/mol. The normalized spacial score (nSPS) is 12.2. The Morgan fingerprint density at radius 2 is 2.22 bits per heavy atom. The van der Waals surface area contributed by atoms with Gasteiger partial charge in [0.25, 0.3) is 0 Å². The second-order valence-corrected chi connectivity index (χ2v) is 4.36. The summed E-state index contributed by atoms with van der Waals surface area (Å²) in [6, 6.07) is 0. The van der Waals surface area contributed by atoms with Crippen molar-refractivity contribution >= 4 is 11.9 Å². The number of carbonyl (C=O) groups is 2. The number of esters is 1. The number of hydrogen-bond donors (Lipinski definition) is 1. The van der Waals surface area contributed by atoms with Gasteiger partial charge in [-0.05, 0) is 18.8 Å². The topological polar surface area (TPSA) is 81.4 Å². The largest absolute Gasteiger partial charge is 0.478 e. The molecule has 1 atom stereocenters. The van der Waals surface area contributed by atoms with E-state index in [-0.39, 0.29) is 17.5 Å². The van der Waals surface area contributed by atoms with E-state index in [1.165, 1.54) is 13.3 Å². The maximum Gasteiger partial charge on any atom is 0.339 e. The molecule has 0 unspecified atom stereocenters. The highest BCUT2D eigenvalue weighted by Gasteiger charge is 2.16. The molecule has 0 saturated heterocycles. The number of nitrogens with zero attached hydrogens (tertiary/aromatic N) is 2. The Balaban J connectivity index is 2.60. The van der Waals surface area contributed by atoms with Gasteiger partial charge in [-0.1, -0.05) is 6.92 Å². The number of aryl methyl sites for hydroxylation is 1. The van der Waals surface area contributed by atoms with Gasteiger partial charge in [-0.25, -0.2) is 4.79 Å². The second-order valence-electron chi connectivity index (χ2n) is 4.36. The summed E-state index contributed by atoms with van der Waals surface area (Å²) in [6.07, 6.45) is 2.99. The summed E-state index contributed by atoms with van der Waals surface area (Å²) in [5.41, 5.74) is 0.905. The lowest BCUT2D eigenvalue weighted by atomic mass is 9.99. The van der Waals surface area contributed by atoms with E-state index in [0.29, 0.717) is 18.5 Å². The van der Waals surface area contributed by atoms with Gasteiger partial charge in [0.1, 0.15) is 5.56 Å². The molecule has 0 aliphatic rings. The summed E-state index contributed by atoms with van der Waals surface area (Å²) in [4.78, 5) is 22.1. The molecule has 0 aliphatic carbocycles. The van der Waals surface area contributed by atoms with Gasteiger partial charge in [-0.15, -0.1) is 0 Å². The van der Waals surface area contributed by atoms with E-state index in [1.54, 1.807) is 11.7 Å². The number of methoxy groups -OCH3 is 1. The number of aromatic nitrogens is 2. The fourth-order valence-corrected chi connectivity index (χ4v) is 1.79. The smallest absolute Gasteiger partial charge is 0.339 e. The first kappa shape index (κ1) is 14.2. The number of carboxylic acid groups (broad SMARTS) is 1. The Labute approximate surface area is 106 Å². The number of hydrogen-bond acceptors (Lipinski definition) is 4. The monoisotopic (exact) mass is 254 g/mol. The molecule has 100 valence electrons. The Hall–Kier alpha value is -1.85. The van der Waals surface area contributed by atoms with E-state index in [9.17, 15) is 9.59 Å². The summed E-state index contributed by atoms with van der Waals surface area (Å²) < 4.78 is 6.16. The highest BCUT2D eigenvalue weighted by Crippen LogP contribution is 2.16. The third kappa shape index (κ3) is 3.58. The Kier molecular flexibility index (Phi) is 4.88. The lowest BCUT2D eigenvalue weighted by molar-refractivity contribution is -0.141. The molecular formula is C12H18N2O4. The summed E-state index contributed by atoms with van der Waals surface area (Å²) in [7, 11) is 3.07. The molecule has 0 aliphatic heterocycles. The first-order valence-electron chi connectivity index (χ1n) is 5.76. The number of ether oxygens (including phenoxy) is 1. The van der Waals surface area contributed by atoms with Crippen LogP contribution in [0.2, 0.25) is 0 Å². The molecule has 6 nitrogen and oxygen atoms in total. The highest BCUT2D eigenvalue weighted by molar-refractivity contribution is 5.88. The minimum atomic E-state index is -0.973. The molecule has 6 heteroatoms. The van der Waals surface area contributed by atoms with E-state index < -0.39 is 5.97 Å². The van der Waals surface area contributed by atoms with Gasteiger partial charge in [-0.2, -0.15) is 5.10 Å². The Bertz CT molecular complexity index is 439. The minimum absolute atomic E-state index is 0.147. The average Bonchev–Trinajstić information content (AvgIpc) is 2.68. The van der Waals surface area contributed by atoms with E-state index in [2.05, 4.69) is 9.84 Å². The van der Waals surface area contributed by atoms with Crippen molar-refractivity contribution in [2.24, 2.45) is 13.0 Å². The van der Waals surface area contributed by atoms with Crippen molar-refractivity contribution in [3.8, 4) is 0 Å². The second kappa shape index (κ2) is 6.18. The molecular weight excluding hydrogens is 236 g/mol. The summed E-state index contributed by atoms with van der Waals surface area (Å²) >= 11 is 0. The fraction of sp³-hybridized carbons (Fsp3) is 0.583. The van der Waals surface area contributed by atoms with Gasteiger partial charge in [0.2, 0.25) is 0 Å². The number of aromatic carboxylic acids is 1. The summed E-state index contributed by atoms with van der Waals surface area (Å²) in [5.74, 6) is -1.07. The zero-order chi connectivity index (χ0) is 13.7. The SMILES string of the molecule is COC(=O)C[C@H](C)CCc1c(C(=O)O)cnn1C. The van der Waals surface area contributed by atoms with E-state index in [1.807, 2.05) is 6.92 Å². The number of rotatable bonds is 6. The van der Waals surface area contributed by atoms with Crippen LogP contribution in [0.15, 0.2) is 6.20 Å². The van der Waals surface area contributed by atoms with Crippen molar-refractivity contribution in [2.45, 2.75) is 26.2 Å². The van der Waals surface area contributed by atoms with Crippen LogP contribution in [0.5, 0.6) is 0 Å². The van der Waals surface area contributed by atoms with Crippen LogP contribution in [-0.4, -0.2) is 33.9 Å². The molecule has 0 spiro atoms. The summed E-state index contributed by atoms with van der Waals surface area (Å²) in [5, 5.41) is 12.9. The number of carbonyl (C=O) groups excluding carboxylic acids is 1. The highest BCUT2D eigenvalue weighted by atomic mass is 16.5. The molecule has 1 rings (SSSR count). The van der Waals surface area contributed by atoms with Crippen LogP contribution in [0.4, 0.5) is 0 Å². The molecule has 18 heavy (non-hydrogen) atoms. The van der Waals surface area contributed by atoms with E-state index in [0.717, 1.165) is 6.42 Å². The predicted octanol–water partition coefficient (Wildman–Crippen LogP) is 1.25. The maximum atomic E-state index is 11.1. The zero-order valence-electron chi connectivity index (χ0n) is 10.8. The average molecular weight is 254 g/mol. The van der Waals surface area contributed by atoms with Gasteiger partial charge in [0.05, 0.1) is 19.0 Å². The standard InChI is InChI=1S/C12H18N2O4/c1-8(6-11(15)18-3)4-5-10-9(12(16)17)7-13-14(10)2/h7-8H,4-6H2,1-3H3,(H,16,17)/t8-/m1/s1. The van der Waals surface area contributed by atoms with Crippen molar-refractivity contribution in [1.82, 2.24) is 9.78 Å². The van der Waals surface area contributed by atoms with Gasteiger partial charge in [0.15, 0.2) is 0 Å².